The molecular weight excluding hydrogens is 1080 g/mol. The molecule has 0 saturated heterocycles. The molecule has 0 saturated carbocycles. The van der Waals surface area contributed by atoms with E-state index in [2.05, 4.69) is 63.7 Å². The van der Waals surface area contributed by atoms with Crippen molar-refractivity contribution in [1.29, 1.82) is 0 Å². The van der Waals surface area contributed by atoms with Gasteiger partial charge in [-0.25, -0.2) is 10.0 Å². The van der Waals surface area contributed by atoms with Gasteiger partial charge in [-0.3, -0.25) is 50.9 Å². The Morgan fingerprint density at radius 3 is 1.27 bits per heavy atom. The van der Waals surface area contributed by atoms with Gasteiger partial charge in [0, 0.05) is 30.0 Å². The largest absolute Gasteiger partial charge is 0.304 e. The molecule has 0 aliphatic carbocycles. The third kappa shape index (κ3) is 8.05. The predicted molar refractivity (Wildman–Crippen MR) is 243 cm³/mol. The quantitative estimate of drug-likeness (QED) is 0.107. The predicted octanol–water partition coefficient (Wildman–Crippen LogP) is 12.0. The molecule has 0 atom stereocenters. The van der Waals surface area contributed by atoms with Crippen molar-refractivity contribution in [2.75, 3.05) is 30.6 Å². The first-order valence-electron chi connectivity index (χ1n) is 17.5. The number of benzene rings is 6. The molecule has 0 bridgehead atoms. The van der Waals surface area contributed by atoms with Crippen molar-refractivity contribution < 1.29 is 30.1 Å². The number of aryl methyl sites for hydroxylation is 2. The van der Waals surface area contributed by atoms with Gasteiger partial charge in [0.2, 0.25) is 0 Å². The Morgan fingerprint density at radius 1 is 0.452 bits per heavy atom. The lowest BCUT2D eigenvalue weighted by molar-refractivity contribution is -0.393. The second-order valence-corrected chi connectivity index (χ2v) is 16.9. The lowest BCUT2D eigenvalue weighted by atomic mass is 10.1. The third-order valence-electron chi connectivity index (χ3n) is 9.30. The van der Waals surface area contributed by atoms with E-state index in [9.17, 15) is 50.9 Å². The molecule has 6 aromatic carbocycles. The second-order valence-electron chi connectivity index (χ2n) is 13.3. The number of nitro groups is 4. The molecule has 0 radical (unpaired) electrons. The summed E-state index contributed by atoms with van der Waals surface area (Å²) in [5.41, 5.74) is 1.53. The Kier molecular flexibility index (Phi) is 12.1. The van der Waals surface area contributed by atoms with Gasteiger partial charge >= 0.3 is 11.4 Å². The molecule has 0 aromatic heterocycles. The summed E-state index contributed by atoms with van der Waals surface area (Å²) >= 11 is 13.7. The summed E-state index contributed by atoms with van der Waals surface area (Å²) < 4.78 is 2.80. The van der Waals surface area contributed by atoms with Crippen molar-refractivity contribution in [2.24, 2.45) is 0 Å². The molecule has 20 nitrogen and oxygen atoms in total. The highest BCUT2D eigenvalue weighted by molar-refractivity contribution is 9.11. The molecule has 2 heterocycles. The Hall–Kier alpha value is -6.44. The molecule has 8 rings (SSSR count). The molecule has 0 amide bonds. The zero-order chi connectivity index (χ0) is 44.9. The van der Waals surface area contributed by atoms with E-state index in [1.807, 2.05) is 38.1 Å². The summed E-state index contributed by atoms with van der Waals surface area (Å²) in [5, 5.41) is 75.2. The van der Waals surface area contributed by atoms with Crippen LogP contribution in [0.1, 0.15) is 11.1 Å². The Bertz CT molecular complexity index is 2820. The fourth-order valence-electron chi connectivity index (χ4n) is 6.58. The van der Waals surface area contributed by atoms with Gasteiger partial charge in [-0.05, 0) is 130 Å². The molecule has 62 heavy (non-hydrogen) atoms. The van der Waals surface area contributed by atoms with Crippen molar-refractivity contribution >= 4 is 132 Å². The number of hydrazine groups is 4. The fraction of sp³-hybridized carbons (Fsp3) is 0.0526. The highest BCUT2D eigenvalue weighted by atomic mass is 79.9. The first-order chi connectivity index (χ1) is 29.4. The molecule has 2 N–H and O–H groups in total. The normalized spacial score (nSPS) is 12.8. The van der Waals surface area contributed by atoms with Crippen LogP contribution in [0.15, 0.2) is 127 Å². The van der Waals surface area contributed by atoms with Crippen LogP contribution >= 0.6 is 63.7 Å². The van der Waals surface area contributed by atoms with Gasteiger partial charge < -0.3 is 0 Å². The van der Waals surface area contributed by atoms with Gasteiger partial charge in [0.05, 0.1) is 54.6 Å². The van der Waals surface area contributed by atoms with Crippen LogP contribution < -0.4 is 30.6 Å². The zero-order valence-corrected chi connectivity index (χ0v) is 37.9. The smallest absolute Gasteiger partial charge is 0.267 e. The number of hydrogen-bond acceptors (Lipinski definition) is 16. The first-order valence-corrected chi connectivity index (χ1v) is 20.7. The zero-order valence-electron chi connectivity index (χ0n) is 31.5. The number of fused-ring (bicyclic) bond motifs is 2. The number of non-ortho nitro benzene ring substituents is 2. The van der Waals surface area contributed by atoms with Crippen molar-refractivity contribution in [3.63, 3.8) is 0 Å². The summed E-state index contributed by atoms with van der Waals surface area (Å²) in [6.45, 7) is 3.79. The molecule has 2 aliphatic rings. The second kappa shape index (κ2) is 17.1. The van der Waals surface area contributed by atoms with Crippen LogP contribution in [0, 0.1) is 54.3 Å². The topological polar surface area (TPSA) is 232 Å². The van der Waals surface area contributed by atoms with Crippen molar-refractivity contribution in [1.82, 2.24) is 0 Å². The lowest BCUT2D eigenvalue weighted by Gasteiger charge is -2.34. The first kappa shape index (κ1) is 43.6. The van der Waals surface area contributed by atoms with E-state index in [0.29, 0.717) is 42.0 Å². The maximum atomic E-state index is 11.9. The standard InChI is InChI=1S/C20H15Br2N5O5.C18H11Br2N5O5/c1-11-3-5-16(14(21)7-11)23-20-18(9-13(26(29)30)10-19(20)27(31)32)25(28)24(23)17-6-4-12(2)8-15(17)22;19-11-1-5-13(6-2-11)21-18-16(9-15(24(27)28)10-17(18)25(29)30)23(26)22(21)14-7-3-12(20)4-8-14/h3-10,28H,1-2H3;1-10,26H. The number of anilines is 8. The highest BCUT2D eigenvalue weighted by Gasteiger charge is 2.45. The number of rotatable bonds is 8. The van der Waals surface area contributed by atoms with E-state index in [0.717, 1.165) is 44.3 Å². The SMILES string of the molecule is Cc1ccc(N2c3c(cc([N+](=O)[O-])cc3[N+](=O)[O-])N(O)N2c2ccc(C)cc2Br)c(Br)c1.O=[N+]([O-])c1cc2c(c([N+](=O)[O-])c1)N(c1ccc(Br)cc1)N(c1ccc(Br)cc1)N2O. The summed E-state index contributed by atoms with van der Waals surface area (Å²) in [7, 11) is 0. The molecule has 0 spiro atoms. The minimum atomic E-state index is -0.743. The van der Waals surface area contributed by atoms with Crippen molar-refractivity contribution in [3.8, 4) is 0 Å². The van der Waals surface area contributed by atoms with Crippen LogP contribution in [-0.4, -0.2) is 30.1 Å². The summed E-state index contributed by atoms with van der Waals surface area (Å²) in [6, 6.07) is 28.4. The van der Waals surface area contributed by atoms with Gasteiger partial charge in [0.1, 0.15) is 11.4 Å². The van der Waals surface area contributed by atoms with Crippen LogP contribution in [-0.2, 0) is 0 Å². The van der Waals surface area contributed by atoms with Crippen LogP contribution in [0.5, 0.6) is 0 Å². The maximum Gasteiger partial charge on any atom is 0.304 e. The lowest BCUT2D eigenvalue weighted by Crippen LogP contribution is -2.45. The van der Waals surface area contributed by atoms with E-state index in [1.165, 1.54) is 20.3 Å². The average molecular weight is 1100 g/mol. The maximum absolute atomic E-state index is 11.9. The van der Waals surface area contributed by atoms with Crippen LogP contribution in [0.4, 0.5) is 68.2 Å². The Labute approximate surface area is 382 Å². The molecule has 6 aromatic rings. The number of nitro benzene ring substituents is 4. The van der Waals surface area contributed by atoms with E-state index in [4.69, 9.17) is 0 Å². The van der Waals surface area contributed by atoms with Gasteiger partial charge in [-0.1, -0.05) is 44.0 Å². The highest BCUT2D eigenvalue weighted by Crippen LogP contribution is 2.54. The van der Waals surface area contributed by atoms with Crippen molar-refractivity contribution in [3.05, 3.63) is 179 Å². The van der Waals surface area contributed by atoms with Crippen LogP contribution in [0.25, 0.3) is 0 Å². The molecule has 2 aliphatic heterocycles. The van der Waals surface area contributed by atoms with E-state index < -0.39 is 42.4 Å². The number of hydrogen-bond donors (Lipinski definition) is 2. The number of halogens is 4. The molecule has 316 valence electrons. The van der Waals surface area contributed by atoms with E-state index in [-0.39, 0.29) is 22.7 Å². The molecule has 0 unspecified atom stereocenters. The summed E-state index contributed by atoms with van der Waals surface area (Å²) in [4.78, 5) is 43.5. The van der Waals surface area contributed by atoms with Crippen LogP contribution in [0.3, 0.4) is 0 Å². The van der Waals surface area contributed by atoms with Gasteiger partial charge in [-0.2, -0.15) is 10.2 Å². The monoisotopic (exact) mass is 1100 g/mol. The average Bonchev–Trinajstić information content (AvgIpc) is 3.67. The van der Waals surface area contributed by atoms with Crippen LogP contribution in [0.2, 0.25) is 0 Å². The Morgan fingerprint density at radius 2 is 0.855 bits per heavy atom. The molecule has 24 heteroatoms. The fourth-order valence-corrected chi connectivity index (χ4v) is 8.42. The van der Waals surface area contributed by atoms with Crippen molar-refractivity contribution in [2.45, 2.75) is 13.8 Å². The summed E-state index contributed by atoms with van der Waals surface area (Å²) in [6.07, 6.45) is 0. The van der Waals surface area contributed by atoms with Gasteiger partial charge in [-0.15, -0.1) is 10.3 Å². The minimum Gasteiger partial charge on any atom is -0.267 e. The Balaban J connectivity index is 0.000000187. The van der Waals surface area contributed by atoms with E-state index in [1.54, 1.807) is 60.7 Å². The van der Waals surface area contributed by atoms with Gasteiger partial charge in [0.15, 0.2) is 11.4 Å². The summed E-state index contributed by atoms with van der Waals surface area (Å²) in [5.74, 6) is 0. The van der Waals surface area contributed by atoms with E-state index >= 15 is 0 Å². The minimum absolute atomic E-state index is 0.00154. The number of nitrogens with zero attached hydrogens (tertiary/aromatic N) is 10. The third-order valence-corrected chi connectivity index (χ3v) is 11.6. The molecule has 0 fully saturated rings. The van der Waals surface area contributed by atoms with Gasteiger partial charge in [0.25, 0.3) is 11.4 Å². The molecular formula is C38H26Br4N10O10.